The summed E-state index contributed by atoms with van der Waals surface area (Å²) in [5, 5.41) is 3.78. The zero-order chi connectivity index (χ0) is 16.8. The summed E-state index contributed by atoms with van der Waals surface area (Å²) >= 11 is 6.32. The molecule has 4 rings (SSSR count). The first-order valence-electron chi connectivity index (χ1n) is 8.07. The Bertz CT molecular complexity index is 957. The number of carbonyl (C=O) groups excluding carboxylic acids is 1. The molecule has 1 amide bonds. The molecule has 4 nitrogen and oxygen atoms in total. The Hall–Kier alpha value is -2.33. The summed E-state index contributed by atoms with van der Waals surface area (Å²) < 4.78 is 1.92. The van der Waals surface area contributed by atoms with Crippen molar-refractivity contribution in [2.75, 3.05) is 0 Å². The van der Waals surface area contributed by atoms with Crippen molar-refractivity contribution >= 4 is 28.5 Å². The lowest BCUT2D eigenvalue weighted by Crippen LogP contribution is -2.27. The number of pyridine rings is 1. The molecular formula is C19H18ClN3O. The Morgan fingerprint density at radius 2 is 2.12 bits per heavy atom. The van der Waals surface area contributed by atoms with E-state index >= 15 is 0 Å². The van der Waals surface area contributed by atoms with Gasteiger partial charge in [0.1, 0.15) is 5.69 Å². The fourth-order valence-electron chi connectivity index (χ4n) is 3.03. The van der Waals surface area contributed by atoms with Crippen LogP contribution in [0.5, 0.6) is 0 Å². The van der Waals surface area contributed by atoms with E-state index in [1.165, 1.54) is 0 Å². The Labute approximate surface area is 145 Å². The molecule has 0 aliphatic heterocycles. The van der Waals surface area contributed by atoms with E-state index in [4.69, 9.17) is 11.6 Å². The van der Waals surface area contributed by atoms with Crippen LogP contribution >= 0.6 is 11.6 Å². The van der Waals surface area contributed by atoms with Gasteiger partial charge in [0.15, 0.2) is 0 Å². The Morgan fingerprint density at radius 3 is 2.83 bits per heavy atom. The lowest BCUT2D eigenvalue weighted by atomic mass is 10.0. The lowest BCUT2D eigenvalue weighted by Gasteiger charge is -2.09. The van der Waals surface area contributed by atoms with E-state index in [0.717, 1.165) is 40.6 Å². The highest BCUT2D eigenvalue weighted by Crippen LogP contribution is 2.35. The summed E-state index contributed by atoms with van der Waals surface area (Å²) in [7, 11) is 1.91. The molecule has 1 N–H and O–H groups in total. The van der Waals surface area contributed by atoms with Gasteiger partial charge in [-0.2, -0.15) is 0 Å². The van der Waals surface area contributed by atoms with Crippen molar-refractivity contribution in [1.29, 1.82) is 0 Å². The van der Waals surface area contributed by atoms with Gasteiger partial charge < -0.3 is 9.88 Å². The largest absolute Gasteiger partial charge is 0.348 e. The molecule has 5 heteroatoms. The maximum absolute atomic E-state index is 12.8. The SMILES string of the molecule is Cc1ccc(-c2c(C(=O)NC3CC3)n(C)c3cccnc23)cc1Cl. The molecule has 3 aromatic rings. The second kappa shape index (κ2) is 5.64. The van der Waals surface area contributed by atoms with Gasteiger partial charge in [0, 0.05) is 29.9 Å². The molecule has 122 valence electrons. The number of fused-ring (bicyclic) bond motifs is 1. The maximum Gasteiger partial charge on any atom is 0.268 e. The molecule has 2 heterocycles. The number of nitrogens with zero attached hydrogens (tertiary/aromatic N) is 2. The molecule has 1 aliphatic carbocycles. The minimum absolute atomic E-state index is 0.0512. The van der Waals surface area contributed by atoms with Crippen molar-refractivity contribution in [1.82, 2.24) is 14.9 Å². The summed E-state index contributed by atoms with van der Waals surface area (Å²) in [5.74, 6) is -0.0512. The molecule has 1 fully saturated rings. The first-order valence-corrected chi connectivity index (χ1v) is 8.45. The fourth-order valence-corrected chi connectivity index (χ4v) is 3.21. The number of hydrogen-bond acceptors (Lipinski definition) is 2. The van der Waals surface area contributed by atoms with Gasteiger partial charge in [-0.1, -0.05) is 23.7 Å². The average molecular weight is 340 g/mol. The molecule has 1 saturated carbocycles. The highest BCUT2D eigenvalue weighted by atomic mass is 35.5. The number of aromatic nitrogens is 2. The van der Waals surface area contributed by atoms with Gasteiger partial charge in [0.05, 0.1) is 11.0 Å². The summed E-state index contributed by atoms with van der Waals surface area (Å²) in [6.07, 6.45) is 3.86. The van der Waals surface area contributed by atoms with Crippen LogP contribution in [0.25, 0.3) is 22.2 Å². The summed E-state index contributed by atoms with van der Waals surface area (Å²) in [6.45, 7) is 1.97. The van der Waals surface area contributed by atoms with Gasteiger partial charge in [-0.15, -0.1) is 0 Å². The Balaban J connectivity index is 1.97. The van der Waals surface area contributed by atoms with Crippen molar-refractivity contribution in [3.8, 4) is 11.1 Å². The van der Waals surface area contributed by atoms with E-state index in [1.807, 2.05) is 48.9 Å². The number of aryl methyl sites for hydroxylation is 2. The van der Waals surface area contributed by atoms with Crippen LogP contribution in [0.2, 0.25) is 5.02 Å². The van der Waals surface area contributed by atoms with Gasteiger partial charge in [0.25, 0.3) is 5.91 Å². The van der Waals surface area contributed by atoms with Crippen LogP contribution in [-0.4, -0.2) is 21.5 Å². The number of benzene rings is 1. The molecule has 0 saturated heterocycles. The normalized spacial score (nSPS) is 14.1. The Kier molecular flexibility index (Phi) is 3.57. The average Bonchev–Trinajstić information content (AvgIpc) is 3.33. The summed E-state index contributed by atoms with van der Waals surface area (Å²) in [4.78, 5) is 17.4. The van der Waals surface area contributed by atoms with Gasteiger partial charge in [-0.05, 0) is 49.1 Å². The van der Waals surface area contributed by atoms with Gasteiger partial charge in [-0.25, -0.2) is 0 Å². The second-order valence-electron chi connectivity index (χ2n) is 6.37. The van der Waals surface area contributed by atoms with Gasteiger partial charge >= 0.3 is 0 Å². The smallest absolute Gasteiger partial charge is 0.268 e. The van der Waals surface area contributed by atoms with Crippen molar-refractivity contribution in [2.45, 2.75) is 25.8 Å². The van der Waals surface area contributed by atoms with Crippen molar-refractivity contribution in [3.63, 3.8) is 0 Å². The zero-order valence-electron chi connectivity index (χ0n) is 13.6. The molecule has 0 spiro atoms. The van der Waals surface area contributed by atoms with E-state index < -0.39 is 0 Å². The molecule has 0 unspecified atom stereocenters. The third kappa shape index (κ3) is 2.47. The third-order valence-corrected chi connectivity index (χ3v) is 4.95. The highest BCUT2D eigenvalue weighted by molar-refractivity contribution is 6.31. The molecule has 1 aliphatic rings. The number of rotatable bonds is 3. The summed E-state index contributed by atoms with van der Waals surface area (Å²) in [6, 6.07) is 10.1. The van der Waals surface area contributed by atoms with Crippen LogP contribution < -0.4 is 5.32 Å². The maximum atomic E-state index is 12.8. The number of amides is 1. The minimum Gasteiger partial charge on any atom is -0.348 e. The van der Waals surface area contributed by atoms with Crippen LogP contribution in [0.1, 0.15) is 28.9 Å². The van der Waals surface area contributed by atoms with E-state index in [1.54, 1.807) is 6.20 Å². The highest BCUT2D eigenvalue weighted by Gasteiger charge is 2.28. The molecule has 0 radical (unpaired) electrons. The van der Waals surface area contributed by atoms with Crippen LogP contribution in [-0.2, 0) is 7.05 Å². The fraction of sp³-hybridized carbons (Fsp3) is 0.263. The number of nitrogens with one attached hydrogen (secondary N) is 1. The van der Waals surface area contributed by atoms with E-state index in [2.05, 4.69) is 10.3 Å². The second-order valence-corrected chi connectivity index (χ2v) is 6.77. The van der Waals surface area contributed by atoms with Crippen LogP contribution in [0.3, 0.4) is 0 Å². The lowest BCUT2D eigenvalue weighted by molar-refractivity contribution is 0.0944. The van der Waals surface area contributed by atoms with Crippen LogP contribution in [0.15, 0.2) is 36.5 Å². The van der Waals surface area contributed by atoms with Crippen LogP contribution in [0, 0.1) is 6.92 Å². The van der Waals surface area contributed by atoms with Gasteiger partial charge in [-0.3, -0.25) is 9.78 Å². The van der Waals surface area contributed by atoms with E-state index in [9.17, 15) is 4.79 Å². The monoisotopic (exact) mass is 339 g/mol. The number of hydrogen-bond donors (Lipinski definition) is 1. The van der Waals surface area contributed by atoms with E-state index in [0.29, 0.717) is 16.8 Å². The van der Waals surface area contributed by atoms with E-state index in [-0.39, 0.29) is 5.91 Å². The number of carbonyl (C=O) groups is 1. The first-order chi connectivity index (χ1) is 11.6. The quantitative estimate of drug-likeness (QED) is 0.781. The first kappa shape index (κ1) is 15.2. The molecule has 1 aromatic carbocycles. The van der Waals surface area contributed by atoms with Gasteiger partial charge in [0.2, 0.25) is 0 Å². The minimum atomic E-state index is -0.0512. The van der Waals surface area contributed by atoms with Crippen molar-refractivity contribution < 1.29 is 4.79 Å². The molecule has 2 aromatic heterocycles. The van der Waals surface area contributed by atoms with Crippen LogP contribution in [0.4, 0.5) is 0 Å². The van der Waals surface area contributed by atoms with Crippen molar-refractivity contribution in [3.05, 3.63) is 52.8 Å². The predicted molar refractivity (Wildman–Crippen MR) is 96.4 cm³/mol. The summed E-state index contributed by atoms with van der Waals surface area (Å²) in [5.41, 5.74) is 5.16. The molecule has 24 heavy (non-hydrogen) atoms. The Morgan fingerprint density at radius 1 is 1.33 bits per heavy atom. The zero-order valence-corrected chi connectivity index (χ0v) is 14.4. The molecule has 0 bridgehead atoms. The standard InChI is InChI=1S/C19H18ClN3O/c1-11-5-6-12(10-14(11)20)16-17-15(4-3-9-21-17)23(2)18(16)19(24)22-13-7-8-13/h3-6,9-10,13H,7-8H2,1-2H3,(H,22,24). The molecular weight excluding hydrogens is 322 g/mol. The topological polar surface area (TPSA) is 46.9 Å². The molecule has 0 atom stereocenters. The third-order valence-electron chi connectivity index (χ3n) is 4.54. The van der Waals surface area contributed by atoms with Crippen molar-refractivity contribution in [2.24, 2.45) is 7.05 Å². The predicted octanol–water partition coefficient (Wildman–Crippen LogP) is 4.09. The number of halogens is 1.